The minimum Gasteiger partial charge on any atom is -0.467 e. The van der Waals surface area contributed by atoms with Crippen molar-refractivity contribution in [3.63, 3.8) is 0 Å². The highest BCUT2D eigenvalue weighted by Gasteiger charge is 2.66. The summed E-state index contributed by atoms with van der Waals surface area (Å²) in [6.07, 6.45) is 6.39. The van der Waals surface area contributed by atoms with Gasteiger partial charge in [0.25, 0.3) is 5.91 Å². The number of benzene rings is 1. The topological polar surface area (TPSA) is 138 Å². The summed E-state index contributed by atoms with van der Waals surface area (Å²) in [5.41, 5.74) is 6.53. The molecule has 0 saturated heterocycles. The van der Waals surface area contributed by atoms with Crippen molar-refractivity contribution < 1.29 is 23.1 Å². The summed E-state index contributed by atoms with van der Waals surface area (Å²) in [5, 5.41) is 3.19. The second kappa shape index (κ2) is 9.17. The number of anilines is 1. The number of halogens is 1. The Bertz CT molecular complexity index is 1320. The molecule has 3 atom stereocenters. The molecule has 12 heteroatoms. The lowest BCUT2D eigenvalue weighted by atomic mass is 9.84. The summed E-state index contributed by atoms with van der Waals surface area (Å²) in [6, 6.07) is 3.19. The summed E-state index contributed by atoms with van der Waals surface area (Å²) < 4.78 is 31.1. The largest absolute Gasteiger partial charge is 0.467 e. The highest BCUT2D eigenvalue weighted by molar-refractivity contribution is 8.15. The summed E-state index contributed by atoms with van der Waals surface area (Å²) in [7, 11) is 1.64. The first-order chi connectivity index (χ1) is 17.2. The molecule has 2 aliphatic rings. The quantitative estimate of drug-likeness (QED) is 0.465. The van der Waals surface area contributed by atoms with E-state index in [4.69, 9.17) is 19.6 Å². The minimum absolute atomic E-state index is 0.0527. The first-order valence-corrected chi connectivity index (χ1v) is 12.0. The van der Waals surface area contributed by atoms with E-state index in [9.17, 15) is 4.79 Å². The molecule has 0 spiro atoms. The molecule has 188 valence electrons. The molecule has 3 heterocycles. The molecule has 2 aromatic heterocycles. The van der Waals surface area contributed by atoms with Crippen LogP contribution in [0.25, 0.3) is 0 Å². The zero-order valence-electron chi connectivity index (χ0n) is 19.9. The van der Waals surface area contributed by atoms with Crippen molar-refractivity contribution in [3.05, 3.63) is 65.5 Å². The van der Waals surface area contributed by atoms with Gasteiger partial charge in [-0.05, 0) is 38.0 Å². The standard InChI is InChI=1S/C24H25FN6O4S/c1-13-6-14(30-21(32)16-9-29-18(10-28-16)35-11-19-27-4-5-34-19)7-15(20(13)25)23(2)17-8-24(17,12-33-3)36-22(26)31-23/h4-7,9-10,17H,8,11-12H2,1-3H3,(H2,26,31)(H,30,32)/t17-,23-,24+/m0/s1. The number of fused-ring (bicyclic) bond motifs is 1. The number of amides is 1. The zero-order chi connectivity index (χ0) is 25.5. The highest BCUT2D eigenvalue weighted by atomic mass is 32.2. The Hall–Kier alpha value is -3.51. The van der Waals surface area contributed by atoms with Crippen LogP contribution in [-0.2, 0) is 16.9 Å². The molecule has 1 fully saturated rings. The molecule has 1 aromatic carbocycles. The third-order valence-electron chi connectivity index (χ3n) is 6.49. The number of carbonyl (C=O) groups excluding carboxylic acids is 1. The zero-order valence-corrected chi connectivity index (χ0v) is 20.8. The maximum absolute atomic E-state index is 15.4. The van der Waals surface area contributed by atoms with Crippen LogP contribution in [0.5, 0.6) is 5.88 Å². The highest BCUT2D eigenvalue weighted by Crippen LogP contribution is 2.66. The first kappa shape index (κ1) is 24.2. The average Bonchev–Trinajstić information content (AvgIpc) is 3.32. The molecule has 1 saturated carbocycles. The van der Waals surface area contributed by atoms with Crippen LogP contribution in [0.3, 0.4) is 0 Å². The van der Waals surface area contributed by atoms with Gasteiger partial charge in [0, 0.05) is 24.3 Å². The summed E-state index contributed by atoms with van der Waals surface area (Å²) in [5.74, 6) is -0.206. The van der Waals surface area contributed by atoms with Crippen molar-refractivity contribution in [1.82, 2.24) is 15.0 Å². The average molecular weight is 513 g/mol. The van der Waals surface area contributed by atoms with Gasteiger partial charge in [-0.2, -0.15) is 0 Å². The molecule has 1 amide bonds. The number of nitrogens with one attached hydrogen (secondary N) is 1. The monoisotopic (exact) mass is 512 g/mol. The molecule has 0 bridgehead atoms. The number of hydrogen-bond acceptors (Lipinski definition) is 10. The SMILES string of the molecule is COC[C@]12C[C@H]1[C@](C)(c1cc(NC(=O)c3cnc(OCc4ncco4)cn3)cc(C)c1F)N=C(N)S2. The Morgan fingerprint density at radius 1 is 1.33 bits per heavy atom. The third-order valence-corrected chi connectivity index (χ3v) is 7.76. The van der Waals surface area contributed by atoms with Gasteiger partial charge in [-0.3, -0.25) is 9.79 Å². The van der Waals surface area contributed by atoms with Gasteiger partial charge in [0.05, 0.1) is 35.5 Å². The molecule has 10 nitrogen and oxygen atoms in total. The number of methoxy groups -OCH3 is 1. The predicted octanol–water partition coefficient (Wildman–Crippen LogP) is 3.43. The van der Waals surface area contributed by atoms with E-state index in [0.717, 1.165) is 6.42 Å². The normalized spacial score (nSPS) is 24.6. The van der Waals surface area contributed by atoms with Crippen LogP contribution >= 0.6 is 11.8 Å². The van der Waals surface area contributed by atoms with E-state index in [2.05, 4.69) is 25.3 Å². The summed E-state index contributed by atoms with van der Waals surface area (Å²) >= 11 is 1.49. The molecule has 0 radical (unpaired) electrons. The fraction of sp³-hybridized carbons (Fsp3) is 0.375. The van der Waals surface area contributed by atoms with E-state index < -0.39 is 11.4 Å². The number of amidine groups is 1. The molecule has 1 aliphatic heterocycles. The predicted molar refractivity (Wildman–Crippen MR) is 131 cm³/mol. The smallest absolute Gasteiger partial charge is 0.275 e. The number of carbonyl (C=O) groups is 1. The van der Waals surface area contributed by atoms with Gasteiger partial charge in [0.15, 0.2) is 11.8 Å². The van der Waals surface area contributed by atoms with Gasteiger partial charge >= 0.3 is 0 Å². The Labute approximate surface area is 210 Å². The van der Waals surface area contributed by atoms with Crippen LogP contribution in [0.4, 0.5) is 10.1 Å². The van der Waals surface area contributed by atoms with Gasteiger partial charge in [-0.25, -0.2) is 19.3 Å². The first-order valence-electron chi connectivity index (χ1n) is 11.2. The van der Waals surface area contributed by atoms with E-state index in [1.165, 1.54) is 36.6 Å². The number of ether oxygens (including phenoxy) is 2. The molecule has 3 aromatic rings. The van der Waals surface area contributed by atoms with Gasteiger partial charge in [0.1, 0.15) is 17.8 Å². The second-order valence-corrected chi connectivity index (χ2v) is 10.5. The van der Waals surface area contributed by atoms with E-state index in [1.54, 1.807) is 26.2 Å². The van der Waals surface area contributed by atoms with Crippen molar-refractivity contribution in [1.29, 1.82) is 0 Å². The van der Waals surface area contributed by atoms with E-state index in [1.807, 2.05) is 6.92 Å². The molecule has 36 heavy (non-hydrogen) atoms. The number of nitrogens with zero attached hydrogens (tertiary/aromatic N) is 4. The third kappa shape index (κ3) is 4.42. The van der Waals surface area contributed by atoms with Crippen molar-refractivity contribution in [2.24, 2.45) is 16.6 Å². The number of thioether (sulfide) groups is 1. The van der Waals surface area contributed by atoms with Gasteiger partial charge in [0.2, 0.25) is 11.8 Å². The molecular formula is C24H25FN6O4S. The Morgan fingerprint density at radius 3 is 2.86 bits per heavy atom. The molecule has 1 aliphatic carbocycles. The lowest BCUT2D eigenvalue weighted by Crippen LogP contribution is -2.37. The van der Waals surface area contributed by atoms with Crippen molar-refractivity contribution in [2.75, 3.05) is 19.0 Å². The van der Waals surface area contributed by atoms with Crippen LogP contribution in [0.2, 0.25) is 0 Å². The van der Waals surface area contributed by atoms with Gasteiger partial charge in [-0.15, -0.1) is 0 Å². The number of aryl methyl sites for hydroxylation is 1. The van der Waals surface area contributed by atoms with E-state index >= 15 is 4.39 Å². The van der Waals surface area contributed by atoms with E-state index in [-0.39, 0.29) is 34.7 Å². The molecule has 3 N–H and O–H groups in total. The maximum Gasteiger partial charge on any atom is 0.275 e. The minimum atomic E-state index is -0.884. The maximum atomic E-state index is 15.4. The van der Waals surface area contributed by atoms with Crippen LogP contribution in [-0.4, -0.2) is 44.5 Å². The van der Waals surface area contributed by atoms with E-state index in [0.29, 0.717) is 34.5 Å². The lowest BCUT2D eigenvalue weighted by Gasteiger charge is -2.34. The number of rotatable bonds is 8. The molecular weight excluding hydrogens is 487 g/mol. The molecule has 5 rings (SSSR count). The van der Waals surface area contributed by atoms with Crippen molar-refractivity contribution >= 4 is 28.5 Å². The number of hydrogen-bond donors (Lipinski definition) is 2. The Morgan fingerprint density at radius 2 is 2.17 bits per heavy atom. The van der Waals surface area contributed by atoms with Crippen LogP contribution in [0.15, 0.2) is 46.4 Å². The van der Waals surface area contributed by atoms with Crippen LogP contribution in [0, 0.1) is 18.7 Å². The number of nitrogens with two attached hydrogens (primary N) is 1. The van der Waals surface area contributed by atoms with Gasteiger partial charge < -0.3 is 24.9 Å². The number of aliphatic imine (C=N–C) groups is 1. The van der Waals surface area contributed by atoms with Crippen LogP contribution in [0.1, 0.15) is 40.9 Å². The lowest BCUT2D eigenvalue weighted by molar-refractivity contribution is 0.102. The second-order valence-electron chi connectivity index (χ2n) is 9.02. The fourth-order valence-electron chi connectivity index (χ4n) is 4.70. The Kier molecular flexibility index (Phi) is 6.17. The molecule has 0 unspecified atom stereocenters. The number of aromatic nitrogens is 3. The van der Waals surface area contributed by atoms with Crippen molar-refractivity contribution in [2.45, 2.75) is 37.2 Å². The van der Waals surface area contributed by atoms with Gasteiger partial charge in [-0.1, -0.05) is 11.8 Å². The summed E-state index contributed by atoms with van der Waals surface area (Å²) in [6.45, 7) is 4.12. The summed E-state index contributed by atoms with van der Waals surface area (Å²) in [4.78, 5) is 29.7. The van der Waals surface area contributed by atoms with Crippen molar-refractivity contribution in [3.8, 4) is 5.88 Å². The van der Waals surface area contributed by atoms with Crippen LogP contribution < -0.4 is 15.8 Å². The Balaban J connectivity index is 1.35. The fourth-order valence-corrected chi connectivity index (χ4v) is 6.15. The number of oxazole rings is 1.